The molecule has 0 aliphatic heterocycles. The first kappa shape index (κ1) is 16.2. The Kier molecular flexibility index (Phi) is 7.52. The van der Waals surface area contributed by atoms with E-state index in [1.54, 1.807) is 12.4 Å². The summed E-state index contributed by atoms with van der Waals surface area (Å²) in [6, 6.07) is 0. The van der Waals surface area contributed by atoms with Crippen molar-refractivity contribution in [3.05, 3.63) is 36.2 Å². The number of hydrogen-bond donors (Lipinski definition) is 1. The minimum atomic E-state index is 0.241. The molecule has 0 amide bonds. The van der Waals surface area contributed by atoms with E-state index in [-0.39, 0.29) is 5.92 Å². The fourth-order valence-electron chi connectivity index (χ4n) is 1.22. The minimum absolute atomic E-state index is 0.241. The standard InChI is InChI=1S/C15H23N3/c1-11(2)13(5)14(10-17-6)7-8-18-15(9-16)12(3)4/h7-12,16H,5-6H2,1-4H3/b8-7+,14-10-,16-9?,18-15+. The Morgan fingerprint density at radius 3 is 2.17 bits per heavy atom. The van der Waals surface area contributed by atoms with Gasteiger partial charge in [-0.3, -0.25) is 9.98 Å². The second-order valence-electron chi connectivity index (χ2n) is 4.62. The highest BCUT2D eigenvalue weighted by atomic mass is 14.7. The third-order valence-electron chi connectivity index (χ3n) is 2.52. The van der Waals surface area contributed by atoms with Gasteiger partial charge in [0.15, 0.2) is 0 Å². The molecule has 0 unspecified atom stereocenters. The summed E-state index contributed by atoms with van der Waals surface area (Å²) in [7, 11) is 0. The van der Waals surface area contributed by atoms with Gasteiger partial charge in [-0.2, -0.15) is 0 Å². The summed E-state index contributed by atoms with van der Waals surface area (Å²) in [6.07, 6.45) is 6.49. The number of nitrogens with one attached hydrogen (secondary N) is 1. The molecule has 0 aromatic rings. The molecular weight excluding hydrogens is 222 g/mol. The Hall–Kier alpha value is -1.77. The van der Waals surface area contributed by atoms with E-state index in [1.807, 2.05) is 19.9 Å². The van der Waals surface area contributed by atoms with Gasteiger partial charge in [0.25, 0.3) is 0 Å². The number of hydrogen-bond acceptors (Lipinski definition) is 3. The van der Waals surface area contributed by atoms with Gasteiger partial charge in [-0.05, 0) is 35.8 Å². The van der Waals surface area contributed by atoms with Gasteiger partial charge in [-0.15, -0.1) is 0 Å². The average Bonchev–Trinajstić information content (AvgIpc) is 2.31. The first-order valence-electron chi connectivity index (χ1n) is 6.03. The van der Waals surface area contributed by atoms with Crippen molar-refractivity contribution in [1.82, 2.24) is 0 Å². The van der Waals surface area contributed by atoms with Crippen LogP contribution in [0, 0.1) is 17.2 Å². The predicted molar refractivity (Wildman–Crippen MR) is 81.8 cm³/mol. The molecule has 3 heteroatoms. The van der Waals surface area contributed by atoms with Crippen LogP contribution >= 0.6 is 0 Å². The molecule has 0 saturated heterocycles. The largest absolute Gasteiger partial charge is 0.307 e. The second kappa shape index (κ2) is 8.34. The van der Waals surface area contributed by atoms with Gasteiger partial charge in [0.2, 0.25) is 0 Å². The van der Waals surface area contributed by atoms with Crippen LogP contribution in [-0.4, -0.2) is 18.6 Å². The van der Waals surface area contributed by atoms with Crippen molar-refractivity contribution in [2.45, 2.75) is 27.7 Å². The van der Waals surface area contributed by atoms with Gasteiger partial charge in [-0.1, -0.05) is 34.3 Å². The summed E-state index contributed by atoms with van der Waals surface area (Å²) >= 11 is 0. The lowest BCUT2D eigenvalue weighted by Crippen LogP contribution is -2.07. The molecule has 0 aromatic carbocycles. The topological polar surface area (TPSA) is 48.6 Å². The van der Waals surface area contributed by atoms with Crippen LogP contribution in [0.3, 0.4) is 0 Å². The van der Waals surface area contributed by atoms with E-state index in [0.29, 0.717) is 5.92 Å². The summed E-state index contributed by atoms with van der Waals surface area (Å²) in [4.78, 5) is 8.03. The van der Waals surface area contributed by atoms with E-state index < -0.39 is 0 Å². The highest BCUT2D eigenvalue weighted by Crippen LogP contribution is 2.18. The zero-order valence-electron chi connectivity index (χ0n) is 11.8. The molecule has 0 heterocycles. The maximum absolute atomic E-state index is 7.26. The summed E-state index contributed by atoms with van der Waals surface area (Å²) in [6.45, 7) is 15.6. The van der Waals surface area contributed by atoms with Crippen LogP contribution in [0.5, 0.6) is 0 Å². The van der Waals surface area contributed by atoms with Crippen LogP contribution in [0.15, 0.2) is 46.2 Å². The fraction of sp³-hybridized carbons (Fsp3) is 0.400. The molecular formula is C15H23N3. The Morgan fingerprint density at radius 1 is 1.17 bits per heavy atom. The monoisotopic (exact) mass is 245 g/mol. The molecule has 0 saturated carbocycles. The number of allylic oxidation sites excluding steroid dienone is 3. The Bertz CT molecular complexity index is 396. The first-order valence-corrected chi connectivity index (χ1v) is 6.03. The van der Waals surface area contributed by atoms with E-state index in [0.717, 1.165) is 16.9 Å². The Labute approximate surface area is 110 Å². The van der Waals surface area contributed by atoms with Crippen molar-refractivity contribution in [1.29, 1.82) is 5.41 Å². The van der Waals surface area contributed by atoms with Crippen molar-refractivity contribution >= 4 is 18.6 Å². The Balaban J connectivity index is 5.02. The van der Waals surface area contributed by atoms with Crippen LogP contribution < -0.4 is 0 Å². The maximum Gasteiger partial charge on any atom is 0.0604 e. The highest BCUT2D eigenvalue weighted by molar-refractivity contribution is 6.30. The number of nitrogens with zero attached hydrogens (tertiary/aromatic N) is 2. The van der Waals surface area contributed by atoms with Crippen molar-refractivity contribution in [3.8, 4) is 0 Å². The van der Waals surface area contributed by atoms with Gasteiger partial charge in [0, 0.05) is 18.6 Å². The predicted octanol–water partition coefficient (Wildman–Crippen LogP) is 4.04. The molecule has 0 radical (unpaired) electrons. The van der Waals surface area contributed by atoms with Gasteiger partial charge in [0.1, 0.15) is 0 Å². The summed E-state index contributed by atoms with van der Waals surface area (Å²) in [5.74, 6) is 0.587. The van der Waals surface area contributed by atoms with Crippen LogP contribution in [0.4, 0.5) is 0 Å². The lowest BCUT2D eigenvalue weighted by Gasteiger charge is -2.09. The molecule has 0 aromatic heterocycles. The average molecular weight is 245 g/mol. The van der Waals surface area contributed by atoms with E-state index in [1.165, 1.54) is 6.21 Å². The third kappa shape index (κ3) is 5.53. The highest BCUT2D eigenvalue weighted by Gasteiger charge is 2.04. The van der Waals surface area contributed by atoms with Crippen molar-refractivity contribution in [2.24, 2.45) is 21.8 Å². The lowest BCUT2D eigenvalue weighted by atomic mass is 9.97. The quantitative estimate of drug-likeness (QED) is 0.520. The van der Waals surface area contributed by atoms with Crippen molar-refractivity contribution in [2.75, 3.05) is 0 Å². The van der Waals surface area contributed by atoms with E-state index in [4.69, 9.17) is 5.41 Å². The summed E-state index contributed by atoms with van der Waals surface area (Å²) in [5, 5.41) is 7.26. The molecule has 98 valence electrons. The first-order chi connectivity index (χ1) is 8.43. The van der Waals surface area contributed by atoms with E-state index >= 15 is 0 Å². The smallest absolute Gasteiger partial charge is 0.0604 e. The summed E-state index contributed by atoms with van der Waals surface area (Å²) < 4.78 is 0. The molecule has 0 aliphatic rings. The van der Waals surface area contributed by atoms with E-state index in [9.17, 15) is 0 Å². The van der Waals surface area contributed by atoms with Crippen LogP contribution in [0.1, 0.15) is 27.7 Å². The zero-order chi connectivity index (χ0) is 14.1. The van der Waals surface area contributed by atoms with E-state index in [2.05, 4.69) is 37.1 Å². The molecule has 3 nitrogen and oxygen atoms in total. The minimum Gasteiger partial charge on any atom is -0.307 e. The van der Waals surface area contributed by atoms with Crippen LogP contribution in [0.25, 0.3) is 0 Å². The van der Waals surface area contributed by atoms with Crippen molar-refractivity contribution in [3.63, 3.8) is 0 Å². The molecule has 1 N–H and O–H groups in total. The molecule has 18 heavy (non-hydrogen) atoms. The zero-order valence-corrected chi connectivity index (χ0v) is 11.8. The van der Waals surface area contributed by atoms with Gasteiger partial charge in [0.05, 0.1) is 5.71 Å². The van der Waals surface area contributed by atoms with Crippen molar-refractivity contribution < 1.29 is 0 Å². The fourth-order valence-corrected chi connectivity index (χ4v) is 1.22. The van der Waals surface area contributed by atoms with Crippen LogP contribution in [-0.2, 0) is 0 Å². The molecule has 0 aliphatic carbocycles. The second-order valence-corrected chi connectivity index (χ2v) is 4.62. The lowest BCUT2D eigenvalue weighted by molar-refractivity contribution is 0.786. The molecule has 0 rings (SSSR count). The molecule has 0 spiro atoms. The molecule has 0 atom stereocenters. The summed E-state index contributed by atoms with van der Waals surface area (Å²) in [5.41, 5.74) is 2.65. The van der Waals surface area contributed by atoms with Gasteiger partial charge >= 0.3 is 0 Å². The number of rotatable bonds is 7. The maximum atomic E-state index is 7.26. The molecule has 0 fully saturated rings. The van der Waals surface area contributed by atoms with Gasteiger partial charge < -0.3 is 5.41 Å². The normalized spacial score (nSPS) is 13.4. The van der Waals surface area contributed by atoms with Crippen LogP contribution in [0.2, 0.25) is 0 Å². The molecule has 0 bridgehead atoms. The Morgan fingerprint density at radius 2 is 1.78 bits per heavy atom. The number of aliphatic imine (C=N–C) groups is 2. The third-order valence-corrected chi connectivity index (χ3v) is 2.52. The van der Waals surface area contributed by atoms with Gasteiger partial charge in [-0.25, -0.2) is 0 Å². The SMILES string of the molecule is C=N/C=C(/C=C/N=C(\C=N)C(C)C)C(=C)C(C)C.